The summed E-state index contributed by atoms with van der Waals surface area (Å²) >= 11 is 11.0. The molecule has 0 aliphatic heterocycles. The van der Waals surface area contributed by atoms with Gasteiger partial charge in [-0.05, 0) is 30.2 Å². The average Bonchev–Trinajstić information content (AvgIpc) is 2.26. The molecule has 0 saturated carbocycles. The second-order valence-corrected chi connectivity index (χ2v) is 4.53. The monoisotopic (exact) mass is 302 g/mol. The average molecular weight is 303 g/mol. The molecule has 7 heteroatoms. The van der Waals surface area contributed by atoms with Gasteiger partial charge in [-0.2, -0.15) is 13.2 Å². The maximum Gasteiger partial charge on any atom is 0.416 e. The van der Waals surface area contributed by atoms with Gasteiger partial charge in [-0.25, -0.2) is 0 Å². The number of halogens is 5. The summed E-state index contributed by atoms with van der Waals surface area (Å²) in [5.41, 5.74) is -1.47. The Bertz CT molecular complexity index is 410. The molecule has 2 nitrogen and oxygen atoms in total. The molecule has 0 heterocycles. The first-order valence-corrected chi connectivity index (χ1v) is 5.97. The van der Waals surface area contributed by atoms with Gasteiger partial charge in [0.15, 0.2) is 0 Å². The van der Waals surface area contributed by atoms with Crippen molar-refractivity contribution in [2.75, 3.05) is 5.88 Å². The number of rotatable bonds is 4. The maximum absolute atomic E-state index is 12.7. The normalized spacial score (nSPS) is 15.5. The van der Waals surface area contributed by atoms with Crippen LogP contribution in [0.15, 0.2) is 18.2 Å². The molecule has 102 valence electrons. The lowest BCUT2D eigenvalue weighted by atomic mass is 9.97. The van der Waals surface area contributed by atoms with Crippen LogP contribution in [0.3, 0.4) is 0 Å². The molecule has 0 aliphatic rings. The first-order chi connectivity index (χ1) is 8.27. The zero-order chi connectivity index (χ0) is 13.9. The van der Waals surface area contributed by atoms with Crippen LogP contribution in [-0.2, 0) is 6.18 Å². The Kier molecular flexibility index (Phi) is 5.28. The molecule has 0 radical (unpaired) electrons. The molecule has 0 aromatic heterocycles. The van der Waals surface area contributed by atoms with Crippen LogP contribution in [0.5, 0.6) is 0 Å². The van der Waals surface area contributed by atoms with Crippen LogP contribution in [0.2, 0.25) is 5.02 Å². The summed E-state index contributed by atoms with van der Waals surface area (Å²) < 4.78 is 38.2. The smallest absolute Gasteiger partial charge is 0.390 e. The van der Waals surface area contributed by atoms with Crippen molar-refractivity contribution in [3.8, 4) is 0 Å². The van der Waals surface area contributed by atoms with Gasteiger partial charge in [0.1, 0.15) is 6.10 Å². The van der Waals surface area contributed by atoms with Gasteiger partial charge in [0.2, 0.25) is 0 Å². The predicted octanol–water partition coefficient (Wildman–Crippen LogP) is 3.38. The fourth-order valence-corrected chi connectivity index (χ4v) is 1.92. The van der Waals surface area contributed by atoms with E-state index in [0.29, 0.717) is 0 Å². The minimum atomic E-state index is -4.62. The largest absolute Gasteiger partial charge is 0.416 e. The number of aliphatic hydroxyl groups is 2. The molecule has 2 N–H and O–H groups in total. The third kappa shape index (κ3) is 3.75. The summed E-state index contributed by atoms with van der Waals surface area (Å²) in [4.78, 5) is 0. The van der Waals surface area contributed by atoms with Crippen molar-refractivity contribution in [1.29, 1.82) is 0 Å². The van der Waals surface area contributed by atoms with Gasteiger partial charge < -0.3 is 10.2 Å². The molecule has 2 atom stereocenters. The van der Waals surface area contributed by atoms with Crippen LogP contribution < -0.4 is 0 Å². The van der Waals surface area contributed by atoms with Gasteiger partial charge >= 0.3 is 6.18 Å². The lowest BCUT2D eigenvalue weighted by molar-refractivity contribution is -0.139. The summed E-state index contributed by atoms with van der Waals surface area (Å²) in [6, 6.07) is 2.84. The Balaban J connectivity index is 3.17. The van der Waals surface area contributed by atoms with Gasteiger partial charge in [0, 0.05) is 10.9 Å². The van der Waals surface area contributed by atoms with E-state index in [4.69, 9.17) is 23.2 Å². The molecule has 0 bridgehead atoms. The molecule has 0 aliphatic carbocycles. The molecule has 1 aromatic rings. The molecule has 2 unspecified atom stereocenters. The molecule has 0 spiro atoms. The number of alkyl halides is 4. The highest BCUT2D eigenvalue weighted by molar-refractivity contribution is 6.30. The summed E-state index contributed by atoms with van der Waals surface area (Å²) in [5.74, 6) is 0.0279. The van der Waals surface area contributed by atoms with Crippen molar-refractivity contribution < 1.29 is 23.4 Å². The highest BCUT2D eigenvalue weighted by Gasteiger charge is 2.36. The van der Waals surface area contributed by atoms with E-state index in [1.807, 2.05) is 0 Å². The summed E-state index contributed by atoms with van der Waals surface area (Å²) in [6.07, 6.45) is -7.70. The Morgan fingerprint density at radius 3 is 2.33 bits per heavy atom. The Morgan fingerprint density at radius 2 is 1.83 bits per heavy atom. The zero-order valence-electron chi connectivity index (χ0n) is 9.09. The van der Waals surface area contributed by atoms with Crippen LogP contribution >= 0.6 is 23.2 Å². The van der Waals surface area contributed by atoms with Crippen LogP contribution in [0.1, 0.15) is 23.7 Å². The Labute approximate surface area is 112 Å². The van der Waals surface area contributed by atoms with Crippen LogP contribution in [0.25, 0.3) is 0 Å². The molecule has 1 rings (SSSR count). The van der Waals surface area contributed by atoms with Crippen molar-refractivity contribution in [3.63, 3.8) is 0 Å². The van der Waals surface area contributed by atoms with Crippen LogP contribution in [0.4, 0.5) is 13.2 Å². The van der Waals surface area contributed by atoms with Crippen LogP contribution in [-0.4, -0.2) is 22.2 Å². The Morgan fingerprint density at radius 1 is 1.22 bits per heavy atom. The lowest BCUT2D eigenvalue weighted by Crippen LogP contribution is -2.22. The highest BCUT2D eigenvalue weighted by atomic mass is 35.5. The number of hydrogen-bond donors (Lipinski definition) is 2. The molecule has 1 aromatic carbocycles. The van der Waals surface area contributed by atoms with Crippen molar-refractivity contribution in [1.82, 2.24) is 0 Å². The summed E-state index contributed by atoms with van der Waals surface area (Å²) in [6.45, 7) is 0. The first kappa shape index (κ1) is 15.6. The SMILES string of the molecule is OC(CCCl)C(O)c1cc(Cl)ccc1C(F)(F)F. The van der Waals surface area contributed by atoms with E-state index in [1.165, 1.54) is 0 Å². The molecular formula is C11H11Cl2F3O2. The third-order valence-electron chi connectivity index (χ3n) is 2.41. The predicted molar refractivity (Wildman–Crippen MR) is 62.8 cm³/mol. The van der Waals surface area contributed by atoms with E-state index >= 15 is 0 Å². The summed E-state index contributed by atoms with van der Waals surface area (Å²) in [5, 5.41) is 19.3. The van der Waals surface area contributed by atoms with E-state index in [1.54, 1.807) is 0 Å². The van der Waals surface area contributed by atoms with Crippen LogP contribution in [0, 0.1) is 0 Å². The minimum Gasteiger partial charge on any atom is -0.390 e. The van der Waals surface area contributed by atoms with Crippen molar-refractivity contribution in [2.45, 2.75) is 24.8 Å². The second kappa shape index (κ2) is 6.10. The standard InChI is InChI=1S/C11H11Cl2F3O2/c12-4-3-9(17)10(18)7-5-6(13)1-2-8(7)11(14,15)16/h1-2,5,9-10,17-18H,3-4H2. The van der Waals surface area contributed by atoms with Crippen molar-refractivity contribution in [3.05, 3.63) is 34.3 Å². The van der Waals surface area contributed by atoms with Gasteiger partial charge in [-0.15, -0.1) is 11.6 Å². The van der Waals surface area contributed by atoms with E-state index in [0.717, 1.165) is 18.2 Å². The fourth-order valence-electron chi connectivity index (χ4n) is 1.51. The quantitative estimate of drug-likeness (QED) is 0.837. The zero-order valence-corrected chi connectivity index (χ0v) is 10.6. The number of aliphatic hydroxyl groups excluding tert-OH is 2. The van der Waals surface area contributed by atoms with E-state index < -0.39 is 29.5 Å². The molecule has 0 amide bonds. The minimum absolute atomic E-state index is 0.0213. The van der Waals surface area contributed by atoms with E-state index in [2.05, 4.69) is 0 Å². The fraction of sp³-hybridized carbons (Fsp3) is 0.455. The number of benzene rings is 1. The topological polar surface area (TPSA) is 40.5 Å². The van der Waals surface area contributed by atoms with E-state index in [9.17, 15) is 23.4 Å². The Hall–Kier alpha value is -0.490. The molecule has 18 heavy (non-hydrogen) atoms. The molecule has 0 fully saturated rings. The summed E-state index contributed by atoms with van der Waals surface area (Å²) in [7, 11) is 0. The maximum atomic E-state index is 12.7. The van der Waals surface area contributed by atoms with Gasteiger partial charge in [-0.1, -0.05) is 11.6 Å². The van der Waals surface area contributed by atoms with Crippen molar-refractivity contribution >= 4 is 23.2 Å². The second-order valence-electron chi connectivity index (χ2n) is 3.72. The third-order valence-corrected chi connectivity index (χ3v) is 2.86. The molecular weight excluding hydrogens is 292 g/mol. The highest BCUT2D eigenvalue weighted by Crippen LogP contribution is 2.37. The van der Waals surface area contributed by atoms with E-state index in [-0.39, 0.29) is 17.3 Å². The van der Waals surface area contributed by atoms with Gasteiger partial charge in [0.05, 0.1) is 11.7 Å². The lowest BCUT2D eigenvalue weighted by Gasteiger charge is -2.21. The molecule has 0 saturated heterocycles. The van der Waals surface area contributed by atoms with Gasteiger partial charge in [-0.3, -0.25) is 0 Å². The number of hydrogen-bond acceptors (Lipinski definition) is 2. The van der Waals surface area contributed by atoms with Gasteiger partial charge in [0.25, 0.3) is 0 Å². The first-order valence-electron chi connectivity index (χ1n) is 5.06. The van der Waals surface area contributed by atoms with Crippen molar-refractivity contribution in [2.24, 2.45) is 0 Å².